The molecule has 1 fully saturated rings. The quantitative estimate of drug-likeness (QED) is 0.667. The highest BCUT2D eigenvalue weighted by Crippen LogP contribution is 2.29. The normalized spacial score (nSPS) is 13.9. The third-order valence-electron chi connectivity index (χ3n) is 5.61. The highest BCUT2D eigenvalue weighted by Gasteiger charge is 2.19. The summed E-state index contributed by atoms with van der Waals surface area (Å²) >= 11 is 0. The predicted octanol–water partition coefficient (Wildman–Crippen LogP) is 4.17. The number of ether oxygens (including phenoxy) is 2. The van der Waals surface area contributed by atoms with Crippen LogP contribution in [0, 0.1) is 0 Å². The van der Waals surface area contributed by atoms with E-state index >= 15 is 0 Å². The Morgan fingerprint density at radius 1 is 1.03 bits per heavy atom. The van der Waals surface area contributed by atoms with Gasteiger partial charge in [0.15, 0.2) is 0 Å². The average Bonchev–Trinajstić information content (AvgIpc) is 2.82. The van der Waals surface area contributed by atoms with Gasteiger partial charge in [-0.2, -0.15) is 0 Å². The van der Waals surface area contributed by atoms with E-state index in [1.54, 1.807) is 20.4 Å². The Balaban J connectivity index is 1.58. The molecule has 0 saturated carbocycles. The predicted molar refractivity (Wildman–Crippen MR) is 119 cm³/mol. The zero-order chi connectivity index (χ0) is 20.9. The monoisotopic (exact) mass is 405 g/mol. The number of nitrogens with one attached hydrogen (secondary N) is 1. The van der Waals surface area contributed by atoms with Crippen LogP contribution in [0.5, 0.6) is 11.5 Å². The van der Waals surface area contributed by atoms with Gasteiger partial charge >= 0.3 is 0 Å². The topological polar surface area (TPSA) is 63.7 Å². The Morgan fingerprint density at radius 2 is 1.80 bits per heavy atom. The van der Waals surface area contributed by atoms with E-state index in [4.69, 9.17) is 9.47 Å². The number of rotatable bonds is 6. The van der Waals surface area contributed by atoms with Crippen molar-refractivity contribution in [3.8, 4) is 11.5 Å². The van der Waals surface area contributed by atoms with E-state index in [1.807, 2.05) is 36.4 Å². The average molecular weight is 405 g/mol. The first-order valence-electron chi connectivity index (χ1n) is 10.3. The van der Waals surface area contributed by atoms with E-state index in [0.29, 0.717) is 23.6 Å². The Bertz CT molecular complexity index is 1050. The molecule has 30 heavy (non-hydrogen) atoms. The van der Waals surface area contributed by atoms with Gasteiger partial charge in [0.2, 0.25) is 0 Å². The van der Waals surface area contributed by atoms with E-state index in [0.717, 1.165) is 35.2 Å². The smallest absolute Gasteiger partial charge is 0.253 e. The molecule has 1 aliphatic rings. The van der Waals surface area contributed by atoms with Crippen LogP contribution in [0.4, 0.5) is 5.82 Å². The number of methoxy groups -OCH3 is 2. The first-order chi connectivity index (χ1) is 14.7. The van der Waals surface area contributed by atoms with Crippen molar-refractivity contribution in [3.63, 3.8) is 0 Å². The summed E-state index contributed by atoms with van der Waals surface area (Å²) in [4.78, 5) is 20.0. The summed E-state index contributed by atoms with van der Waals surface area (Å²) in [6.45, 7) is 2.38. The molecule has 0 bridgehead atoms. The molecule has 2 heterocycles. The van der Waals surface area contributed by atoms with E-state index in [9.17, 15) is 4.79 Å². The first kappa shape index (κ1) is 20.0. The molecule has 1 amide bonds. The summed E-state index contributed by atoms with van der Waals surface area (Å²) in [5.74, 6) is 2.21. The van der Waals surface area contributed by atoms with Gasteiger partial charge in [0.05, 0.1) is 19.8 Å². The van der Waals surface area contributed by atoms with Crippen molar-refractivity contribution >= 4 is 22.5 Å². The Labute approximate surface area is 176 Å². The highest BCUT2D eigenvalue weighted by molar-refractivity contribution is 6.09. The van der Waals surface area contributed by atoms with Crippen molar-refractivity contribution in [2.45, 2.75) is 25.8 Å². The maximum absolute atomic E-state index is 13.0. The number of hydrogen-bond donors (Lipinski definition) is 1. The second-order valence-corrected chi connectivity index (χ2v) is 7.45. The van der Waals surface area contributed by atoms with Gasteiger partial charge in [0.1, 0.15) is 17.3 Å². The molecule has 1 aliphatic heterocycles. The van der Waals surface area contributed by atoms with Gasteiger partial charge in [0, 0.05) is 42.8 Å². The fraction of sp³-hybridized carbons (Fsp3) is 0.333. The van der Waals surface area contributed by atoms with E-state index in [-0.39, 0.29) is 5.91 Å². The number of pyridine rings is 1. The van der Waals surface area contributed by atoms with Gasteiger partial charge in [-0.15, -0.1) is 0 Å². The summed E-state index contributed by atoms with van der Waals surface area (Å²) in [5.41, 5.74) is 1.47. The third-order valence-corrected chi connectivity index (χ3v) is 5.61. The molecule has 6 heteroatoms. The SMILES string of the molecule is COc1ccc(CNC(=O)c2cnc(N3CCCCC3)c3ccccc23)c(OC)c1. The van der Waals surface area contributed by atoms with Crippen molar-refractivity contribution in [3.05, 3.63) is 59.8 Å². The number of aromatic nitrogens is 1. The molecular formula is C24H27N3O3. The minimum Gasteiger partial charge on any atom is -0.497 e. The molecule has 3 aromatic rings. The lowest BCUT2D eigenvalue weighted by Gasteiger charge is -2.29. The molecule has 1 saturated heterocycles. The molecule has 0 spiro atoms. The van der Waals surface area contributed by atoms with Crippen molar-refractivity contribution in [2.75, 3.05) is 32.2 Å². The van der Waals surface area contributed by atoms with Gasteiger partial charge in [-0.3, -0.25) is 4.79 Å². The number of amides is 1. The minimum atomic E-state index is -0.151. The molecule has 0 atom stereocenters. The standard InChI is InChI=1S/C24H27N3O3/c1-29-18-11-10-17(22(14-18)30-2)15-26-24(28)21-16-25-23(27-12-6-3-7-13-27)20-9-5-4-8-19(20)21/h4-5,8-11,14,16H,3,6-7,12-13,15H2,1-2H3,(H,26,28). The van der Waals surface area contributed by atoms with Crippen LogP contribution in [0.1, 0.15) is 35.2 Å². The summed E-state index contributed by atoms with van der Waals surface area (Å²) in [6.07, 6.45) is 5.33. The van der Waals surface area contributed by atoms with E-state index in [1.165, 1.54) is 19.3 Å². The molecule has 1 aromatic heterocycles. The molecule has 6 nitrogen and oxygen atoms in total. The van der Waals surface area contributed by atoms with Crippen molar-refractivity contribution in [1.82, 2.24) is 10.3 Å². The summed E-state index contributed by atoms with van der Waals surface area (Å²) < 4.78 is 10.7. The second kappa shape index (κ2) is 9.03. The molecule has 0 unspecified atom stereocenters. The lowest BCUT2D eigenvalue weighted by Crippen LogP contribution is -2.30. The van der Waals surface area contributed by atoms with Gasteiger partial charge in [0.25, 0.3) is 5.91 Å². The Kier molecular flexibility index (Phi) is 6.02. The molecule has 4 rings (SSSR count). The van der Waals surface area contributed by atoms with Crippen LogP contribution in [-0.2, 0) is 6.54 Å². The van der Waals surface area contributed by atoms with Crippen molar-refractivity contribution in [2.24, 2.45) is 0 Å². The molecule has 156 valence electrons. The maximum Gasteiger partial charge on any atom is 0.253 e. The molecule has 0 aliphatic carbocycles. The summed E-state index contributed by atoms with van der Waals surface area (Å²) in [7, 11) is 3.22. The zero-order valence-corrected chi connectivity index (χ0v) is 17.5. The lowest BCUT2D eigenvalue weighted by molar-refractivity contribution is 0.0952. The minimum absolute atomic E-state index is 0.151. The highest BCUT2D eigenvalue weighted by atomic mass is 16.5. The number of hydrogen-bond acceptors (Lipinski definition) is 5. The van der Waals surface area contributed by atoms with Gasteiger partial charge in [-0.1, -0.05) is 24.3 Å². The fourth-order valence-electron chi connectivity index (χ4n) is 3.99. The molecule has 2 aromatic carbocycles. The van der Waals surface area contributed by atoms with Crippen LogP contribution in [-0.4, -0.2) is 38.2 Å². The van der Waals surface area contributed by atoms with Crippen molar-refractivity contribution in [1.29, 1.82) is 0 Å². The number of nitrogens with zero attached hydrogens (tertiary/aromatic N) is 2. The zero-order valence-electron chi connectivity index (χ0n) is 17.5. The number of benzene rings is 2. The molecule has 1 N–H and O–H groups in total. The number of fused-ring (bicyclic) bond motifs is 1. The van der Waals surface area contributed by atoms with Gasteiger partial charge in [-0.25, -0.2) is 4.98 Å². The van der Waals surface area contributed by atoms with Crippen LogP contribution in [0.15, 0.2) is 48.7 Å². The van der Waals surface area contributed by atoms with Crippen LogP contribution in [0.2, 0.25) is 0 Å². The summed E-state index contributed by atoms with van der Waals surface area (Å²) in [5, 5.41) is 4.95. The van der Waals surface area contributed by atoms with Gasteiger partial charge < -0.3 is 19.7 Å². The van der Waals surface area contributed by atoms with Crippen molar-refractivity contribution < 1.29 is 14.3 Å². The van der Waals surface area contributed by atoms with Crippen LogP contribution < -0.4 is 19.7 Å². The third kappa shape index (κ3) is 4.03. The molecular weight excluding hydrogens is 378 g/mol. The Morgan fingerprint density at radius 3 is 2.53 bits per heavy atom. The Hall–Kier alpha value is -3.28. The van der Waals surface area contributed by atoms with Crippen LogP contribution in [0.3, 0.4) is 0 Å². The summed E-state index contributed by atoms with van der Waals surface area (Å²) in [6, 6.07) is 13.6. The maximum atomic E-state index is 13.0. The largest absolute Gasteiger partial charge is 0.497 e. The molecule has 0 radical (unpaired) electrons. The number of piperidine rings is 1. The van der Waals surface area contributed by atoms with Crippen LogP contribution in [0.25, 0.3) is 10.8 Å². The van der Waals surface area contributed by atoms with Gasteiger partial charge in [-0.05, 0) is 36.8 Å². The fourth-order valence-corrected chi connectivity index (χ4v) is 3.99. The second-order valence-electron chi connectivity index (χ2n) is 7.45. The van der Waals surface area contributed by atoms with E-state index in [2.05, 4.69) is 21.3 Å². The van der Waals surface area contributed by atoms with Crippen LogP contribution >= 0.6 is 0 Å². The lowest BCUT2D eigenvalue weighted by atomic mass is 10.0. The van der Waals surface area contributed by atoms with E-state index < -0.39 is 0 Å². The number of carbonyl (C=O) groups is 1. The first-order valence-corrected chi connectivity index (χ1v) is 10.3. The number of carbonyl (C=O) groups excluding carboxylic acids is 1. The number of anilines is 1.